The molecule has 0 unspecified atom stereocenters. The lowest BCUT2D eigenvalue weighted by Crippen LogP contribution is -2.36. The number of guanidine groups is 1. The fraction of sp³-hybridized carbons (Fsp3) is 0.312. The first kappa shape index (κ1) is 18.4. The Morgan fingerprint density at radius 2 is 1.92 bits per heavy atom. The van der Waals surface area contributed by atoms with Crippen molar-refractivity contribution in [3.63, 3.8) is 0 Å². The summed E-state index contributed by atoms with van der Waals surface area (Å²) in [6, 6.07) is 10.8. The Bertz CT molecular complexity index is 754. The van der Waals surface area contributed by atoms with Gasteiger partial charge in [-0.15, -0.1) is 11.3 Å². The van der Waals surface area contributed by atoms with Crippen LogP contribution in [0.4, 0.5) is 0 Å². The number of benzene rings is 1. The van der Waals surface area contributed by atoms with Crippen molar-refractivity contribution in [3.8, 4) is 0 Å². The van der Waals surface area contributed by atoms with Crippen LogP contribution in [-0.2, 0) is 23.1 Å². The Balaban J connectivity index is 2.00. The van der Waals surface area contributed by atoms with Gasteiger partial charge in [-0.3, -0.25) is 0 Å². The molecule has 24 heavy (non-hydrogen) atoms. The summed E-state index contributed by atoms with van der Waals surface area (Å²) in [5.41, 5.74) is 0.943. The summed E-state index contributed by atoms with van der Waals surface area (Å²) in [5, 5.41) is 8.52. The van der Waals surface area contributed by atoms with Gasteiger partial charge in [-0.1, -0.05) is 18.2 Å². The Morgan fingerprint density at radius 1 is 1.17 bits per heavy atom. The summed E-state index contributed by atoms with van der Waals surface area (Å²) in [6.45, 7) is 3.98. The number of thiophene rings is 1. The molecule has 0 saturated carbocycles. The maximum Gasteiger partial charge on any atom is 0.240 e. The van der Waals surface area contributed by atoms with Gasteiger partial charge in [-0.2, -0.15) is 0 Å². The fourth-order valence-electron chi connectivity index (χ4n) is 1.99. The van der Waals surface area contributed by atoms with E-state index in [1.807, 2.05) is 18.4 Å². The molecule has 0 aliphatic rings. The summed E-state index contributed by atoms with van der Waals surface area (Å²) in [6.07, 6.45) is 0. The third kappa shape index (κ3) is 5.33. The van der Waals surface area contributed by atoms with Crippen molar-refractivity contribution >= 4 is 27.3 Å². The number of sulfonamides is 1. The van der Waals surface area contributed by atoms with Crippen LogP contribution in [-0.4, -0.2) is 28.0 Å². The van der Waals surface area contributed by atoms with Crippen LogP contribution in [0.3, 0.4) is 0 Å². The molecule has 0 bridgehead atoms. The lowest BCUT2D eigenvalue weighted by molar-refractivity contribution is 0.588. The quantitative estimate of drug-likeness (QED) is 0.516. The van der Waals surface area contributed by atoms with E-state index < -0.39 is 10.0 Å². The largest absolute Gasteiger partial charge is 0.357 e. The normalized spacial score (nSPS) is 12.2. The van der Waals surface area contributed by atoms with Gasteiger partial charge in [0.2, 0.25) is 10.0 Å². The van der Waals surface area contributed by atoms with Crippen LogP contribution in [0, 0.1) is 0 Å². The van der Waals surface area contributed by atoms with Gasteiger partial charge in [0.15, 0.2) is 5.96 Å². The maximum atomic E-state index is 11.7. The zero-order chi connectivity index (χ0) is 17.4. The van der Waals surface area contributed by atoms with Gasteiger partial charge in [0, 0.05) is 11.4 Å². The summed E-state index contributed by atoms with van der Waals surface area (Å²) < 4.78 is 25.7. The number of nitrogens with zero attached hydrogens (tertiary/aromatic N) is 1. The molecule has 0 aliphatic heterocycles. The average Bonchev–Trinajstić information content (AvgIpc) is 3.11. The lowest BCUT2D eigenvalue weighted by atomic mass is 10.2. The molecule has 0 aliphatic carbocycles. The molecule has 8 heteroatoms. The second-order valence-corrected chi connectivity index (χ2v) is 7.90. The minimum atomic E-state index is -3.40. The predicted octanol–water partition coefficient (Wildman–Crippen LogP) is 1.91. The van der Waals surface area contributed by atoms with E-state index in [2.05, 4.69) is 26.4 Å². The molecule has 0 spiro atoms. The molecule has 0 fully saturated rings. The van der Waals surface area contributed by atoms with Gasteiger partial charge < -0.3 is 10.6 Å². The Hall–Kier alpha value is -1.90. The third-order valence-electron chi connectivity index (χ3n) is 3.28. The van der Waals surface area contributed by atoms with Gasteiger partial charge in [0.1, 0.15) is 0 Å². The van der Waals surface area contributed by atoms with Crippen molar-refractivity contribution in [2.24, 2.45) is 4.99 Å². The van der Waals surface area contributed by atoms with Crippen LogP contribution < -0.4 is 15.4 Å². The molecule has 130 valence electrons. The number of nitrogens with one attached hydrogen (secondary N) is 3. The molecule has 6 nitrogen and oxygen atoms in total. The Labute approximate surface area is 147 Å². The number of rotatable bonds is 7. The molecule has 0 amide bonds. The van der Waals surface area contributed by atoms with E-state index in [9.17, 15) is 8.42 Å². The fourth-order valence-corrected chi connectivity index (χ4v) is 3.36. The molecule has 0 radical (unpaired) electrons. The third-order valence-corrected chi connectivity index (χ3v) is 5.58. The van der Waals surface area contributed by atoms with E-state index in [4.69, 9.17) is 0 Å². The molecule has 2 rings (SSSR count). The second-order valence-electron chi connectivity index (χ2n) is 4.98. The van der Waals surface area contributed by atoms with Gasteiger partial charge in [0.05, 0.1) is 18.0 Å². The van der Waals surface area contributed by atoms with Crippen molar-refractivity contribution in [2.75, 3.05) is 13.6 Å². The van der Waals surface area contributed by atoms with Crippen LogP contribution in [0.25, 0.3) is 0 Å². The van der Waals surface area contributed by atoms with Gasteiger partial charge in [-0.25, -0.2) is 18.1 Å². The summed E-state index contributed by atoms with van der Waals surface area (Å²) in [5.74, 6) is 0.734. The van der Waals surface area contributed by atoms with Crippen molar-refractivity contribution in [1.29, 1.82) is 0 Å². The molecule has 0 atom stereocenters. The number of hydrogen-bond donors (Lipinski definition) is 3. The second kappa shape index (κ2) is 8.81. The van der Waals surface area contributed by atoms with Gasteiger partial charge in [0.25, 0.3) is 0 Å². The number of aliphatic imine (C=N–C) groups is 1. The highest BCUT2D eigenvalue weighted by molar-refractivity contribution is 7.89. The summed E-state index contributed by atoms with van der Waals surface area (Å²) >= 11 is 1.70. The van der Waals surface area contributed by atoms with Crippen LogP contribution in [0.15, 0.2) is 51.7 Å². The molecule has 0 saturated heterocycles. The van der Waals surface area contributed by atoms with Gasteiger partial charge in [-0.05, 0) is 43.1 Å². The average molecular weight is 367 g/mol. The zero-order valence-electron chi connectivity index (χ0n) is 13.7. The minimum absolute atomic E-state index is 0.250. The Kier molecular flexibility index (Phi) is 6.77. The van der Waals surface area contributed by atoms with Crippen LogP contribution >= 0.6 is 11.3 Å². The van der Waals surface area contributed by atoms with Crippen molar-refractivity contribution in [1.82, 2.24) is 15.4 Å². The zero-order valence-corrected chi connectivity index (χ0v) is 15.4. The molecule has 1 heterocycles. The van der Waals surface area contributed by atoms with Crippen molar-refractivity contribution < 1.29 is 8.42 Å². The first-order valence-electron chi connectivity index (χ1n) is 7.62. The SMILES string of the molecule is CCNC(=NCc1ccc(S(=O)(=O)NC)cc1)NCc1cccs1. The predicted molar refractivity (Wildman–Crippen MR) is 98.7 cm³/mol. The molecule has 3 N–H and O–H groups in total. The highest BCUT2D eigenvalue weighted by atomic mass is 32.2. The highest BCUT2D eigenvalue weighted by Crippen LogP contribution is 2.11. The number of hydrogen-bond acceptors (Lipinski definition) is 4. The van der Waals surface area contributed by atoms with E-state index in [-0.39, 0.29) is 4.90 Å². The van der Waals surface area contributed by atoms with E-state index in [0.29, 0.717) is 6.54 Å². The summed E-state index contributed by atoms with van der Waals surface area (Å²) in [7, 11) is -2.00. The highest BCUT2D eigenvalue weighted by Gasteiger charge is 2.10. The smallest absolute Gasteiger partial charge is 0.240 e. The molecular formula is C16H22N4O2S2. The molecular weight excluding hydrogens is 344 g/mol. The lowest BCUT2D eigenvalue weighted by Gasteiger charge is -2.10. The van der Waals surface area contributed by atoms with Gasteiger partial charge >= 0.3 is 0 Å². The van der Waals surface area contributed by atoms with E-state index in [1.165, 1.54) is 11.9 Å². The standard InChI is InChI=1S/C16H22N4O2S2/c1-3-18-16(20-12-14-5-4-10-23-14)19-11-13-6-8-15(9-7-13)24(21,22)17-2/h4-10,17H,3,11-12H2,1-2H3,(H2,18,19,20). The van der Waals surface area contributed by atoms with E-state index >= 15 is 0 Å². The Morgan fingerprint density at radius 3 is 2.50 bits per heavy atom. The van der Waals surface area contributed by atoms with Crippen LogP contribution in [0.1, 0.15) is 17.4 Å². The van der Waals surface area contributed by atoms with Crippen molar-refractivity contribution in [3.05, 3.63) is 52.2 Å². The van der Waals surface area contributed by atoms with Crippen LogP contribution in [0.2, 0.25) is 0 Å². The van der Waals surface area contributed by atoms with Crippen LogP contribution in [0.5, 0.6) is 0 Å². The monoisotopic (exact) mass is 366 g/mol. The minimum Gasteiger partial charge on any atom is -0.357 e. The topological polar surface area (TPSA) is 82.6 Å². The molecule has 1 aromatic carbocycles. The first-order valence-corrected chi connectivity index (χ1v) is 9.98. The van der Waals surface area contributed by atoms with E-state index in [0.717, 1.165) is 24.6 Å². The van der Waals surface area contributed by atoms with E-state index in [1.54, 1.807) is 35.6 Å². The molecule has 2 aromatic rings. The molecule has 1 aromatic heterocycles. The van der Waals surface area contributed by atoms with Crippen molar-refractivity contribution in [2.45, 2.75) is 24.9 Å². The maximum absolute atomic E-state index is 11.7. The summed E-state index contributed by atoms with van der Waals surface area (Å²) in [4.78, 5) is 6.02. The first-order chi connectivity index (χ1) is 11.5.